The number of hydrogen-bond donors (Lipinski definition) is 1. The second-order valence-corrected chi connectivity index (χ2v) is 9.01. The zero-order valence-electron chi connectivity index (χ0n) is 19.5. The number of amides is 2. The van der Waals surface area contributed by atoms with Crippen molar-refractivity contribution >= 4 is 11.8 Å². The van der Waals surface area contributed by atoms with E-state index < -0.39 is 6.04 Å². The van der Waals surface area contributed by atoms with Crippen molar-refractivity contribution in [3.05, 3.63) is 94.7 Å². The van der Waals surface area contributed by atoms with Crippen LogP contribution < -0.4 is 10.1 Å². The molecule has 0 spiro atoms. The quantitative estimate of drug-likeness (QED) is 0.611. The number of ether oxygens (including phenoxy) is 1. The van der Waals surface area contributed by atoms with Crippen LogP contribution in [0, 0.1) is 13.8 Å². The van der Waals surface area contributed by atoms with E-state index in [4.69, 9.17) is 4.74 Å². The van der Waals surface area contributed by atoms with Gasteiger partial charge in [-0.1, -0.05) is 36.9 Å². The van der Waals surface area contributed by atoms with Crippen LogP contribution in [-0.2, 0) is 24.5 Å². The first-order valence-corrected chi connectivity index (χ1v) is 11.5. The zero-order valence-corrected chi connectivity index (χ0v) is 19.5. The molecule has 1 atom stereocenters. The van der Waals surface area contributed by atoms with Crippen molar-refractivity contribution in [2.45, 2.75) is 52.4 Å². The highest BCUT2D eigenvalue weighted by atomic mass is 16.5. The molecule has 174 valence electrons. The van der Waals surface area contributed by atoms with Gasteiger partial charge in [0.15, 0.2) is 0 Å². The van der Waals surface area contributed by atoms with Crippen LogP contribution in [0.2, 0.25) is 0 Å². The maximum absolute atomic E-state index is 13.0. The average Bonchev–Trinajstić information content (AvgIpc) is 3.33. The highest BCUT2D eigenvalue weighted by Crippen LogP contribution is 2.34. The van der Waals surface area contributed by atoms with Crippen molar-refractivity contribution in [2.75, 3.05) is 0 Å². The molecule has 1 fully saturated rings. The van der Waals surface area contributed by atoms with Crippen LogP contribution in [0.25, 0.3) is 0 Å². The number of benzene rings is 2. The number of imidazole rings is 1. The molecule has 5 rings (SSSR count). The fourth-order valence-electron chi connectivity index (χ4n) is 4.57. The van der Waals surface area contributed by atoms with E-state index in [1.165, 1.54) is 11.3 Å². The van der Waals surface area contributed by atoms with Gasteiger partial charge in [-0.15, -0.1) is 0 Å². The summed E-state index contributed by atoms with van der Waals surface area (Å²) in [6.45, 7) is 9.46. The van der Waals surface area contributed by atoms with Gasteiger partial charge in [0.05, 0.1) is 18.6 Å². The summed E-state index contributed by atoms with van der Waals surface area (Å²) < 4.78 is 8.27. The number of nitrogens with one attached hydrogen (secondary N) is 1. The van der Waals surface area contributed by atoms with Crippen molar-refractivity contribution in [3.8, 4) is 5.75 Å². The summed E-state index contributed by atoms with van der Waals surface area (Å²) in [6, 6.07) is 13.4. The van der Waals surface area contributed by atoms with Crippen LogP contribution in [0.15, 0.2) is 61.1 Å². The first-order valence-electron chi connectivity index (χ1n) is 11.5. The van der Waals surface area contributed by atoms with E-state index in [0.717, 1.165) is 23.4 Å². The Balaban J connectivity index is 1.26. The smallest absolute Gasteiger partial charge is 0.255 e. The Labute approximate surface area is 199 Å². The lowest BCUT2D eigenvalue weighted by atomic mass is 10.0. The fraction of sp³-hybridized carbons (Fsp3) is 0.296. The summed E-state index contributed by atoms with van der Waals surface area (Å²) in [7, 11) is 0. The van der Waals surface area contributed by atoms with Crippen molar-refractivity contribution < 1.29 is 14.3 Å². The van der Waals surface area contributed by atoms with Crippen molar-refractivity contribution in [1.29, 1.82) is 0 Å². The standard InChI is InChI=1S/C27H28N4O3/c1-17-7-12-24(26(32)29-17)31-14-23-22(27(31)33)5-4-6-25(23)34-15-21-10-8-20(9-11-21)13-30-16-28-18(2)19(30)3/h4-6,8-11,16,24H,1,7,12-15H2,2-3H3,(H,29,32). The third-order valence-corrected chi connectivity index (χ3v) is 6.77. The number of carbonyl (C=O) groups excluding carboxylic acids is 2. The molecule has 1 unspecified atom stereocenters. The van der Waals surface area contributed by atoms with Crippen molar-refractivity contribution in [3.63, 3.8) is 0 Å². The number of piperidine rings is 1. The zero-order chi connectivity index (χ0) is 23.8. The lowest BCUT2D eigenvalue weighted by Gasteiger charge is -2.31. The summed E-state index contributed by atoms with van der Waals surface area (Å²) in [5.74, 6) is 0.395. The van der Waals surface area contributed by atoms with E-state index in [1.807, 2.05) is 25.4 Å². The minimum absolute atomic E-state index is 0.123. The average molecular weight is 457 g/mol. The van der Waals surface area contributed by atoms with Gasteiger partial charge in [-0.25, -0.2) is 4.98 Å². The maximum Gasteiger partial charge on any atom is 0.255 e. The molecule has 3 heterocycles. The topological polar surface area (TPSA) is 76.5 Å². The largest absolute Gasteiger partial charge is 0.489 e. The van der Waals surface area contributed by atoms with E-state index in [9.17, 15) is 9.59 Å². The number of fused-ring (bicyclic) bond motifs is 1. The van der Waals surface area contributed by atoms with Gasteiger partial charge < -0.3 is 19.5 Å². The molecule has 34 heavy (non-hydrogen) atoms. The number of aryl methyl sites for hydroxylation is 1. The minimum Gasteiger partial charge on any atom is -0.489 e. The van der Waals surface area contributed by atoms with Gasteiger partial charge in [0.25, 0.3) is 5.91 Å². The maximum atomic E-state index is 13.0. The lowest BCUT2D eigenvalue weighted by molar-refractivity contribution is -0.126. The molecule has 1 aromatic heterocycles. The molecule has 7 nitrogen and oxygen atoms in total. The predicted molar refractivity (Wildman–Crippen MR) is 128 cm³/mol. The van der Waals surface area contributed by atoms with Crippen LogP contribution in [0.5, 0.6) is 5.75 Å². The van der Waals surface area contributed by atoms with Crippen LogP contribution in [-0.4, -0.2) is 32.3 Å². The van der Waals surface area contributed by atoms with Gasteiger partial charge in [0.2, 0.25) is 5.91 Å². The van der Waals surface area contributed by atoms with E-state index in [1.54, 1.807) is 11.0 Å². The number of hydrogen-bond acceptors (Lipinski definition) is 4. The molecular weight excluding hydrogens is 428 g/mol. The van der Waals surface area contributed by atoms with E-state index in [2.05, 4.69) is 52.6 Å². The van der Waals surface area contributed by atoms with Gasteiger partial charge in [-0.05, 0) is 49.9 Å². The molecule has 0 saturated carbocycles. The second kappa shape index (κ2) is 8.82. The third-order valence-electron chi connectivity index (χ3n) is 6.77. The molecule has 1 saturated heterocycles. The van der Waals surface area contributed by atoms with Crippen LogP contribution in [0.3, 0.4) is 0 Å². The number of carbonyl (C=O) groups is 2. The molecular formula is C27H28N4O3. The number of nitrogens with zero attached hydrogens (tertiary/aromatic N) is 3. The van der Waals surface area contributed by atoms with Crippen LogP contribution in [0.4, 0.5) is 0 Å². The Hall–Kier alpha value is -3.87. The van der Waals surface area contributed by atoms with Gasteiger partial charge >= 0.3 is 0 Å². The summed E-state index contributed by atoms with van der Waals surface area (Å²) in [4.78, 5) is 31.5. The first kappa shape index (κ1) is 21.9. The first-order chi connectivity index (χ1) is 16.4. The Bertz CT molecular complexity index is 1280. The lowest BCUT2D eigenvalue weighted by Crippen LogP contribution is -2.49. The van der Waals surface area contributed by atoms with Crippen LogP contribution >= 0.6 is 0 Å². The Morgan fingerprint density at radius 2 is 1.88 bits per heavy atom. The van der Waals surface area contributed by atoms with E-state index in [-0.39, 0.29) is 11.8 Å². The highest BCUT2D eigenvalue weighted by molar-refractivity contribution is 6.02. The Morgan fingerprint density at radius 3 is 2.59 bits per heavy atom. The minimum atomic E-state index is -0.478. The molecule has 2 aromatic carbocycles. The van der Waals surface area contributed by atoms with Crippen LogP contribution in [0.1, 0.15) is 51.3 Å². The van der Waals surface area contributed by atoms with E-state index in [0.29, 0.717) is 43.0 Å². The molecule has 7 heteroatoms. The van der Waals surface area contributed by atoms with Gasteiger partial charge in [-0.3, -0.25) is 9.59 Å². The molecule has 2 aliphatic heterocycles. The van der Waals surface area contributed by atoms with E-state index >= 15 is 0 Å². The fourth-order valence-corrected chi connectivity index (χ4v) is 4.57. The van der Waals surface area contributed by atoms with Gasteiger partial charge in [0, 0.05) is 29.1 Å². The highest BCUT2D eigenvalue weighted by Gasteiger charge is 2.39. The Morgan fingerprint density at radius 1 is 1.12 bits per heavy atom. The number of rotatable bonds is 6. The Kier molecular flexibility index (Phi) is 5.69. The summed E-state index contributed by atoms with van der Waals surface area (Å²) >= 11 is 0. The SMILES string of the molecule is C=C1CCC(N2Cc3c(OCc4ccc(Cn5cnc(C)c5C)cc4)cccc3C2=O)C(=O)N1. The molecule has 0 bridgehead atoms. The molecule has 2 aliphatic rings. The van der Waals surface area contributed by atoms with Gasteiger partial charge in [-0.2, -0.15) is 0 Å². The molecule has 0 radical (unpaired) electrons. The molecule has 0 aliphatic carbocycles. The molecule has 2 amide bonds. The second-order valence-electron chi connectivity index (χ2n) is 9.01. The summed E-state index contributed by atoms with van der Waals surface area (Å²) in [5.41, 5.74) is 6.61. The number of allylic oxidation sites excluding steroid dienone is 1. The molecule has 1 N–H and O–H groups in total. The monoisotopic (exact) mass is 456 g/mol. The summed E-state index contributed by atoms with van der Waals surface area (Å²) in [6.07, 6.45) is 3.14. The summed E-state index contributed by atoms with van der Waals surface area (Å²) in [5, 5.41) is 2.78. The predicted octanol–water partition coefficient (Wildman–Crippen LogP) is 3.88. The van der Waals surface area contributed by atoms with Crippen molar-refractivity contribution in [2.24, 2.45) is 0 Å². The molecule has 3 aromatic rings. The van der Waals surface area contributed by atoms with Gasteiger partial charge in [0.1, 0.15) is 18.4 Å². The normalized spacial score (nSPS) is 17.6. The number of aromatic nitrogens is 2. The third kappa shape index (κ3) is 4.09. The van der Waals surface area contributed by atoms with Crippen molar-refractivity contribution in [1.82, 2.24) is 19.8 Å².